The summed E-state index contributed by atoms with van der Waals surface area (Å²) in [6.07, 6.45) is 0. The Labute approximate surface area is 176 Å². The number of thiophene rings is 1. The summed E-state index contributed by atoms with van der Waals surface area (Å²) in [6.45, 7) is 0. The van der Waals surface area contributed by atoms with Crippen LogP contribution < -0.4 is 4.90 Å². The van der Waals surface area contributed by atoms with E-state index >= 15 is 0 Å². The zero-order valence-electron chi connectivity index (χ0n) is 15.4. The summed E-state index contributed by atoms with van der Waals surface area (Å²) in [6, 6.07) is 34.2. The van der Waals surface area contributed by atoms with Crippen molar-refractivity contribution in [2.24, 2.45) is 0 Å². The number of anilines is 3. The van der Waals surface area contributed by atoms with Crippen molar-refractivity contribution in [3.63, 3.8) is 0 Å². The van der Waals surface area contributed by atoms with E-state index in [9.17, 15) is 0 Å². The molecule has 0 atom stereocenters. The van der Waals surface area contributed by atoms with Crippen LogP contribution in [0.15, 0.2) is 97.1 Å². The van der Waals surface area contributed by atoms with E-state index in [1.54, 1.807) is 11.3 Å². The average molecular weight is 409 g/mol. The van der Waals surface area contributed by atoms with Gasteiger partial charge < -0.3 is 0 Å². The largest absolute Gasteiger partial charge is 0.286 e. The normalized spacial score (nSPS) is 11.4. The molecule has 0 fully saturated rings. The fourth-order valence-corrected chi connectivity index (χ4v) is 5.90. The molecule has 0 aliphatic rings. The van der Waals surface area contributed by atoms with Crippen LogP contribution in [-0.4, -0.2) is 4.98 Å². The van der Waals surface area contributed by atoms with E-state index in [-0.39, 0.29) is 0 Å². The predicted octanol–water partition coefficient (Wildman–Crippen LogP) is 8.13. The molecule has 0 aliphatic heterocycles. The number of para-hydroxylation sites is 2. The summed E-state index contributed by atoms with van der Waals surface area (Å²) < 4.78 is 3.82. The molecule has 0 radical (unpaired) electrons. The molecule has 6 rings (SSSR count). The SMILES string of the molecule is c1ccc(N(c2ccc3c(c2)sc2ccccc23)c2nc3ccccc3s2)cc1. The van der Waals surface area contributed by atoms with Gasteiger partial charge in [0.1, 0.15) is 0 Å². The molecule has 0 spiro atoms. The number of aromatic nitrogens is 1. The maximum atomic E-state index is 4.94. The Morgan fingerprint density at radius 2 is 1.28 bits per heavy atom. The molecule has 0 saturated heterocycles. The molecule has 0 aliphatic carbocycles. The fourth-order valence-electron chi connectivity index (χ4n) is 3.76. The number of hydrogen-bond donors (Lipinski definition) is 0. The van der Waals surface area contributed by atoms with Crippen LogP contribution in [-0.2, 0) is 0 Å². The van der Waals surface area contributed by atoms with Crippen molar-refractivity contribution < 1.29 is 0 Å². The van der Waals surface area contributed by atoms with E-state index in [1.807, 2.05) is 17.4 Å². The minimum atomic E-state index is 0.984. The monoisotopic (exact) mass is 408 g/mol. The summed E-state index contributed by atoms with van der Waals surface area (Å²) in [5.74, 6) is 0. The summed E-state index contributed by atoms with van der Waals surface area (Å²) in [7, 11) is 0. The van der Waals surface area contributed by atoms with Crippen molar-refractivity contribution in [1.29, 1.82) is 0 Å². The Morgan fingerprint density at radius 1 is 0.552 bits per heavy atom. The molecule has 0 amide bonds. The van der Waals surface area contributed by atoms with Gasteiger partial charge in [0.2, 0.25) is 0 Å². The van der Waals surface area contributed by atoms with Gasteiger partial charge in [0.25, 0.3) is 0 Å². The Balaban J connectivity index is 1.58. The second kappa shape index (κ2) is 6.69. The van der Waals surface area contributed by atoms with Crippen LogP contribution >= 0.6 is 22.7 Å². The fraction of sp³-hybridized carbons (Fsp3) is 0. The number of nitrogens with zero attached hydrogens (tertiary/aromatic N) is 2. The standard InChI is InChI=1S/C25H16N2S2/c1-2-8-17(9-3-1)27(25-26-21-11-5-7-13-23(21)29-25)18-14-15-20-19-10-4-6-12-22(19)28-24(20)16-18/h1-16H. The molecule has 6 aromatic rings. The molecule has 2 aromatic heterocycles. The molecular weight excluding hydrogens is 392 g/mol. The van der Waals surface area contributed by atoms with Gasteiger partial charge in [-0.25, -0.2) is 4.98 Å². The van der Waals surface area contributed by atoms with Crippen molar-refractivity contribution in [2.45, 2.75) is 0 Å². The first kappa shape index (κ1) is 16.7. The molecule has 0 N–H and O–H groups in total. The van der Waals surface area contributed by atoms with E-state index in [0.29, 0.717) is 0 Å². The van der Waals surface area contributed by atoms with Gasteiger partial charge in [-0.05, 0) is 42.5 Å². The third-order valence-corrected chi connectivity index (χ3v) is 7.26. The van der Waals surface area contributed by atoms with Gasteiger partial charge in [0.05, 0.1) is 10.2 Å². The van der Waals surface area contributed by atoms with E-state index < -0.39 is 0 Å². The van der Waals surface area contributed by atoms with Crippen LogP contribution in [0.25, 0.3) is 30.4 Å². The second-order valence-electron chi connectivity index (χ2n) is 6.91. The molecule has 2 heterocycles. The van der Waals surface area contributed by atoms with E-state index in [2.05, 4.69) is 95.9 Å². The smallest absolute Gasteiger partial charge is 0.195 e. The van der Waals surface area contributed by atoms with E-state index in [4.69, 9.17) is 4.98 Å². The second-order valence-corrected chi connectivity index (χ2v) is 9.01. The van der Waals surface area contributed by atoms with Gasteiger partial charge in [-0.1, -0.05) is 65.9 Å². The van der Waals surface area contributed by atoms with Crippen LogP contribution in [0.3, 0.4) is 0 Å². The van der Waals surface area contributed by atoms with Crippen LogP contribution in [0.5, 0.6) is 0 Å². The highest BCUT2D eigenvalue weighted by atomic mass is 32.1. The molecule has 2 nitrogen and oxygen atoms in total. The zero-order chi connectivity index (χ0) is 19.2. The topological polar surface area (TPSA) is 16.1 Å². The van der Waals surface area contributed by atoms with Gasteiger partial charge in [-0.2, -0.15) is 0 Å². The quantitative estimate of drug-likeness (QED) is 0.294. The summed E-state index contributed by atoms with van der Waals surface area (Å²) in [5, 5.41) is 3.62. The van der Waals surface area contributed by atoms with Gasteiger partial charge >= 0.3 is 0 Å². The molecule has 29 heavy (non-hydrogen) atoms. The molecular formula is C25H16N2S2. The lowest BCUT2D eigenvalue weighted by Crippen LogP contribution is -2.09. The first-order valence-corrected chi connectivity index (χ1v) is 11.1. The van der Waals surface area contributed by atoms with Crippen LogP contribution in [0.1, 0.15) is 0 Å². The summed E-state index contributed by atoms with van der Waals surface area (Å²) in [5.41, 5.74) is 3.29. The minimum absolute atomic E-state index is 0.984. The van der Waals surface area contributed by atoms with E-state index in [0.717, 1.165) is 22.0 Å². The third-order valence-electron chi connectivity index (χ3n) is 5.11. The maximum absolute atomic E-state index is 4.94. The lowest BCUT2D eigenvalue weighted by Gasteiger charge is -2.22. The number of rotatable bonds is 3. The van der Waals surface area contributed by atoms with Gasteiger partial charge in [-0.3, -0.25) is 4.90 Å². The third kappa shape index (κ3) is 2.80. The molecule has 0 bridgehead atoms. The Morgan fingerprint density at radius 3 is 2.14 bits per heavy atom. The molecule has 4 aromatic carbocycles. The Kier molecular flexibility index (Phi) is 3.86. The predicted molar refractivity (Wildman–Crippen MR) is 127 cm³/mol. The molecule has 0 unspecified atom stereocenters. The van der Waals surface area contributed by atoms with Gasteiger partial charge in [-0.15, -0.1) is 11.3 Å². The summed E-state index contributed by atoms with van der Waals surface area (Å²) in [4.78, 5) is 7.19. The van der Waals surface area contributed by atoms with Crippen molar-refractivity contribution in [3.8, 4) is 0 Å². The molecule has 4 heteroatoms. The van der Waals surface area contributed by atoms with Crippen molar-refractivity contribution in [2.75, 3.05) is 4.90 Å². The zero-order valence-corrected chi connectivity index (χ0v) is 17.1. The van der Waals surface area contributed by atoms with Crippen molar-refractivity contribution >= 4 is 69.6 Å². The highest BCUT2D eigenvalue weighted by molar-refractivity contribution is 7.25. The van der Waals surface area contributed by atoms with Gasteiger partial charge in [0, 0.05) is 31.5 Å². The number of benzene rings is 4. The first-order valence-electron chi connectivity index (χ1n) is 9.49. The van der Waals surface area contributed by atoms with Crippen LogP contribution in [0.4, 0.5) is 16.5 Å². The highest BCUT2D eigenvalue weighted by Crippen LogP contribution is 2.42. The number of thiazole rings is 1. The Bertz CT molecular complexity index is 1430. The van der Waals surface area contributed by atoms with Gasteiger partial charge in [0.15, 0.2) is 5.13 Å². The maximum Gasteiger partial charge on any atom is 0.195 e. The Hall–Kier alpha value is -3.21. The lowest BCUT2D eigenvalue weighted by molar-refractivity contribution is 1.25. The summed E-state index contributed by atoms with van der Waals surface area (Å²) >= 11 is 3.57. The average Bonchev–Trinajstić information content (AvgIpc) is 3.35. The van der Waals surface area contributed by atoms with Crippen molar-refractivity contribution in [1.82, 2.24) is 4.98 Å². The minimum Gasteiger partial charge on any atom is -0.286 e. The number of fused-ring (bicyclic) bond motifs is 4. The highest BCUT2D eigenvalue weighted by Gasteiger charge is 2.17. The first-order chi connectivity index (χ1) is 14.4. The van der Waals surface area contributed by atoms with Crippen molar-refractivity contribution in [3.05, 3.63) is 97.1 Å². The molecule has 0 saturated carbocycles. The molecule has 138 valence electrons. The van der Waals surface area contributed by atoms with Crippen LogP contribution in [0, 0.1) is 0 Å². The number of hydrogen-bond acceptors (Lipinski definition) is 4. The van der Waals surface area contributed by atoms with Crippen LogP contribution in [0.2, 0.25) is 0 Å². The van der Waals surface area contributed by atoms with E-state index in [1.165, 1.54) is 24.9 Å². The lowest BCUT2D eigenvalue weighted by atomic mass is 10.1.